The van der Waals surface area contributed by atoms with E-state index in [1.807, 2.05) is 6.92 Å². The first-order valence-electron chi connectivity index (χ1n) is 2.90. The zero-order chi connectivity index (χ0) is 7.54. The van der Waals surface area contributed by atoms with Crippen LogP contribution in [0.1, 0.15) is 20.3 Å². The van der Waals surface area contributed by atoms with Crippen molar-refractivity contribution in [1.29, 1.82) is 0 Å². The van der Waals surface area contributed by atoms with Crippen LogP contribution in [-0.4, -0.2) is 13.2 Å². The molecule has 0 aliphatic heterocycles. The van der Waals surface area contributed by atoms with Gasteiger partial charge < -0.3 is 0 Å². The van der Waals surface area contributed by atoms with Crippen LogP contribution < -0.4 is 0 Å². The molecule has 2 nitrogen and oxygen atoms in total. The van der Waals surface area contributed by atoms with Crippen LogP contribution in [0.3, 0.4) is 0 Å². The molecular weight excluding hydrogens is 401 g/mol. The summed E-state index contributed by atoms with van der Waals surface area (Å²) in [4.78, 5) is 0. The molecule has 0 N–H and O–H groups in total. The quantitative estimate of drug-likeness (QED) is 0.648. The van der Waals surface area contributed by atoms with E-state index < -0.39 is 0 Å². The Morgan fingerprint density at radius 3 is 1.00 bits per heavy atom. The molecule has 0 radical (unpaired) electrons. The van der Waals surface area contributed by atoms with Gasteiger partial charge in [0.15, 0.2) is 0 Å². The number of rotatable bonds is 3. The summed E-state index contributed by atoms with van der Waals surface area (Å²) in [5, 5.41) is 0. The van der Waals surface area contributed by atoms with Crippen LogP contribution in [0, 0.1) is 0 Å². The molecule has 0 spiro atoms. The van der Waals surface area contributed by atoms with Gasteiger partial charge in [-0.1, -0.05) is 0 Å². The first kappa shape index (κ1) is 51.9. The zero-order valence-electron chi connectivity index (χ0n) is 8.39. The summed E-state index contributed by atoms with van der Waals surface area (Å²) in [5.41, 5.74) is 0. The fraction of sp³-hybridized carbons (Fsp3) is 1.00. The van der Waals surface area contributed by atoms with Gasteiger partial charge in [0, 0.05) is 0 Å². The summed E-state index contributed by atoms with van der Waals surface area (Å²) in [5.74, 6) is 0. The molecule has 0 atom stereocenters. The Labute approximate surface area is 154 Å². The smallest absolute Gasteiger partial charge is 0.147 e. The second-order valence-corrected chi connectivity index (χ2v) is 2.18. The molecule has 0 saturated carbocycles. The molecule has 0 rings (SSSR count). The van der Waals surface area contributed by atoms with E-state index in [0.29, 0.717) is 0 Å². The van der Waals surface area contributed by atoms with E-state index in [0.717, 1.165) is 19.6 Å². The monoisotopic (exact) mass is 416 g/mol. The Morgan fingerprint density at radius 2 is 1.00 bits per heavy atom. The molecule has 0 unspecified atom stereocenters. The molecule has 0 fully saturated rings. The predicted molar refractivity (Wildman–Crippen MR) is 71.4 cm³/mol. The third-order valence-corrected chi connectivity index (χ3v) is 1.22. The van der Waals surface area contributed by atoms with Crippen molar-refractivity contribution in [2.75, 3.05) is 13.2 Å². The fourth-order valence-corrected chi connectivity index (χ4v) is 0.421. The second kappa shape index (κ2) is 67.6. The summed E-state index contributed by atoms with van der Waals surface area (Å²) in [6.45, 7) is 5.75. The van der Waals surface area contributed by atoms with Crippen LogP contribution in [0.25, 0.3) is 0 Å². The fourth-order valence-electron chi connectivity index (χ4n) is 0.102. The molecule has 0 saturated heterocycles. The Balaban J connectivity index is -0.00000000785. The topological polar surface area (TPSA) is 18.5 Å². The van der Waals surface area contributed by atoms with Crippen LogP contribution in [0.15, 0.2) is 0 Å². The normalized spacial score (nSPS) is 4.53. The average molecular weight is 419 g/mol. The van der Waals surface area contributed by atoms with Gasteiger partial charge in [-0.2, -0.15) is 0 Å². The summed E-state index contributed by atoms with van der Waals surface area (Å²) in [7, 11) is 0. The molecule has 10 heteroatoms. The molecule has 0 heterocycles. The van der Waals surface area contributed by atoms with E-state index in [9.17, 15) is 0 Å². The third-order valence-electron chi connectivity index (χ3n) is 0.451. The zero-order valence-corrected chi connectivity index (χ0v) is 16.4. The first-order valence-corrected chi connectivity index (χ1v) is 4.17. The molecule has 0 aromatic rings. The maximum atomic E-state index is 4.69. The standard InChI is InChI=1S/C3H7O.C2H5O.6ClH.2Ti/c1-2-3-4;1-2-3;;;;;;;;/h2-3H2,1H3;2H2,1H3;6*1H;;/q2*-1;;;;;;;2*+1. The van der Waals surface area contributed by atoms with E-state index in [1.165, 1.54) is 0 Å². The molecule has 100 valence electrons. The summed E-state index contributed by atoms with van der Waals surface area (Å²) in [6, 6.07) is 0. The van der Waals surface area contributed by atoms with Crippen molar-refractivity contribution in [3.05, 3.63) is 0 Å². The van der Waals surface area contributed by atoms with Gasteiger partial charge in [0.2, 0.25) is 0 Å². The first-order chi connectivity index (χ1) is 4.33. The van der Waals surface area contributed by atoms with Crippen molar-refractivity contribution in [1.82, 2.24) is 0 Å². The molecule has 0 aliphatic rings. The number of hydrogen-bond donors (Lipinski definition) is 0. The van der Waals surface area contributed by atoms with Gasteiger partial charge in [0.05, 0.1) is 0 Å². The van der Waals surface area contributed by atoms with Gasteiger partial charge in [-0.15, -0.1) is 74.4 Å². The Bertz CT molecular complexity index is 46.7. The molecular formula is C5H18Cl6O2Ti2. The van der Waals surface area contributed by atoms with Crippen molar-refractivity contribution < 1.29 is 48.3 Å². The minimum atomic E-state index is 0. The average Bonchev–Trinajstić information content (AvgIpc) is 1.91. The van der Waals surface area contributed by atoms with Crippen LogP contribution in [0.5, 0.6) is 0 Å². The van der Waals surface area contributed by atoms with Gasteiger partial charge >= 0.3 is 81.8 Å². The van der Waals surface area contributed by atoms with Crippen molar-refractivity contribution in [3.8, 4) is 0 Å². The van der Waals surface area contributed by atoms with Gasteiger partial charge in [0.25, 0.3) is 0 Å². The Hall–Kier alpha value is 3.09. The van der Waals surface area contributed by atoms with Gasteiger partial charge in [-0.25, -0.2) is 0 Å². The van der Waals surface area contributed by atoms with Crippen LogP contribution in [0.4, 0.5) is 0 Å². The molecule has 0 bridgehead atoms. The van der Waals surface area contributed by atoms with E-state index in [4.69, 9.17) is 3.32 Å². The molecule has 0 amide bonds. The number of hydrogen-bond acceptors (Lipinski definition) is 2. The largest absolute Gasteiger partial charge is 0.147 e. The van der Waals surface area contributed by atoms with Crippen LogP contribution in [-0.2, 0) is 48.3 Å². The summed E-state index contributed by atoms with van der Waals surface area (Å²) in [6.07, 6.45) is 1.12. The van der Waals surface area contributed by atoms with E-state index in [2.05, 4.69) is 10.2 Å². The van der Waals surface area contributed by atoms with Crippen molar-refractivity contribution in [3.63, 3.8) is 0 Å². The van der Waals surface area contributed by atoms with Gasteiger partial charge in [-0.3, -0.25) is 0 Å². The SMILES string of the molecule is CCC[O][Ti].CC[O][Ti].Cl.Cl.Cl.Cl.Cl.Cl. The minimum Gasteiger partial charge on any atom is -0.147 e. The Kier molecular flexibility index (Phi) is 234. The third kappa shape index (κ3) is 105. The summed E-state index contributed by atoms with van der Waals surface area (Å²) >= 11 is 3.39. The predicted octanol–water partition coefficient (Wildman–Crippen LogP) is 3.89. The van der Waals surface area contributed by atoms with Gasteiger partial charge in [-0.05, 0) is 0 Å². The minimum absolute atomic E-state index is 0. The van der Waals surface area contributed by atoms with Crippen molar-refractivity contribution >= 4 is 74.4 Å². The van der Waals surface area contributed by atoms with E-state index in [-0.39, 0.29) is 74.4 Å². The molecule has 0 aromatic heterocycles. The summed E-state index contributed by atoms with van der Waals surface area (Å²) < 4.78 is 9.23. The maximum Gasteiger partial charge on any atom is -0.147 e. The van der Waals surface area contributed by atoms with Crippen LogP contribution >= 0.6 is 74.4 Å². The number of halogens is 6. The van der Waals surface area contributed by atoms with E-state index in [1.54, 1.807) is 41.6 Å². The van der Waals surface area contributed by atoms with Crippen LogP contribution in [0.2, 0.25) is 0 Å². The second-order valence-electron chi connectivity index (χ2n) is 1.28. The molecule has 0 aliphatic carbocycles. The van der Waals surface area contributed by atoms with E-state index >= 15 is 0 Å². The molecule has 15 heavy (non-hydrogen) atoms. The van der Waals surface area contributed by atoms with Crippen molar-refractivity contribution in [2.24, 2.45) is 0 Å². The maximum absolute atomic E-state index is 4.69. The van der Waals surface area contributed by atoms with Gasteiger partial charge in [0.1, 0.15) is 0 Å². The van der Waals surface area contributed by atoms with Crippen molar-refractivity contribution in [2.45, 2.75) is 20.3 Å². The molecule has 0 aromatic carbocycles. The Morgan fingerprint density at radius 1 is 0.733 bits per heavy atom.